The van der Waals surface area contributed by atoms with Gasteiger partial charge in [0.15, 0.2) is 5.82 Å². The summed E-state index contributed by atoms with van der Waals surface area (Å²) >= 11 is 1.43. The zero-order valence-corrected chi connectivity index (χ0v) is 19.0. The number of aryl methyl sites for hydroxylation is 3. The second-order valence-corrected chi connectivity index (χ2v) is 9.98. The van der Waals surface area contributed by atoms with E-state index in [4.69, 9.17) is 0 Å². The normalized spacial score (nSPS) is 11.5. The first-order valence-electron chi connectivity index (χ1n) is 9.62. The van der Waals surface area contributed by atoms with Crippen molar-refractivity contribution in [3.8, 4) is 10.6 Å². The van der Waals surface area contributed by atoms with Gasteiger partial charge >= 0.3 is 5.97 Å². The van der Waals surface area contributed by atoms with Crippen LogP contribution in [0.15, 0.2) is 47.4 Å². The first-order valence-corrected chi connectivity index (χ1v) is 11.9. The third kappa shape index (κ3) is 4.11. The molecule has 6 nitrogen and oxygen atoms in total. The fraction of sp³-hybridized carbons (Fsp3) is 0.273. The molecule has 0 aliphatic carbocycles. The number of carboxylic acid groups (broad SMARTS) is 1. The Morgan fingerprint density at radius 3 is 2.33 bits per heavy atom. The predicted molar refractivity (Wildman–Crippen MR) is 120 cm³/mol. The molecule has 0 fully saturated rings. The molecule has 1 N–H and O–H groups in total. The number of aromatic carboxylic acids is 1. The monoisotopic (exact) mass is 444 g/mol. The highest BCUT2D eigenvalue weighted by molar-refractivity contribution is 7.92. The zero-order chi connectivity index (χ0) is 22.1. The van der Waals surface area contributed by atoms with E-state index in [9.17, 15) is 18.3 Å². The number of carbonyl (C=O) groups is 1. The molecule has 1 aromatic heterocycles. The number of hydrogen-bond acceptors (Lipinski definition) is 5. The molecule has 158 valence electrons. The van der Waals surface area contributed by atoms with Crippen LogP contribution in [0.25, 0.3) is 10.6 Å². The molecule has 8 heteroatoms. The van der Waals surface area contributed by atoms with Gasteiger partial charge in [0.05, 0.1) is 10.5 Å². The molecule has 0 unspecified atom stereocenters. The van der Waals surface area contributed by atoms with Crippen molar-refractivity contribution in [1.82, 2.24) is 4.98 Å². The number of aromatic nitrogens is 1. The first kappa shape index (κ1) is 22.0. The molecule has 0 amide bonds. The van der Waals surface area contributed by atoms with Crippen molar-refractivity contribution in [2.24, 2.45) is 0 Å². The van der Waals surface area contributed by atoms with Gasteiger partial charge in [-0.15, -0.1) is 11.3 Å². The van der Waals surface area contributed by atoms with Crippen LogP contribution in [0.2, 0.25) is 0 Å². The van der Waals surface area contributed by atoms with Crippen LogP contribution in [-0.2, 0) is 16.4 Å². The fourth-order valence-corrected chi connectivity index (χ4v) is 5.71. The molecule has 3 aromatic rings. The average Bonchev–Trinajstić information content (AvgIpc) is 3.09. The summed E-state index contributed by atoms with van der Waals surface area (Å²) in [7, 11) is -3.97. The maximum absolute atomic E-state index is 13.4. The van der Waals surface area contributed by atoms with Crippen molar-refractivity contribution in [1.29, 1.82) is 0 Å². The van der Waals surface area contributed by atoms with E-state index in [2.05, 4.69) is 4.98 Å². The number of nitrogens with zero attached hydrogens (tertiary/aromatic N) is 2. The molecule has 2 aromatic carbocycles. The molecule has 0 radical (unpaired) electrons. The van der Waals surface area contributed by atoms with Crippen molar-refractivity contribution in [3.05, 3.63) is 64.0 Å². The quantitative estimate of drug-likeness (QED) is 0.560. The molecule has 30 heavy (non-hydrogen) atoms. The van der Waals surface area contributed by atoms with Crippen LogP contribution in [0.3, 0.4) is 0 Å². The first-order chi connectivity index (χ1) is 14.2. The Bertz CT molecular complexity index is 1180. The van der Waals surface area contributed by atoms with Gasteiger partial charge in [-0.05, 0) is 44.9 Å². The Hall–Kier alpha value is -2.71. The molecule has 0 bridgehead atoms. The van der Waals surface area contributed by atoms with Gasteiger partial charge in [-0.25, -0.2) is 22.5 Å². The van der Waals surface area contributed by atoms with Crippen LogP contribution < -0.4 is 4.31 Å². The number of thiazole rings is 1. The van der Waals surface area contributed by atoms with Gasteiger partial charge in [0.2, 0.25) is 0 Å². The smallest absolute Gasteiger partial charge is 0.336 e. The number of carboxylic acids is 1. The van der Waals surface area contributed by atoms with Crippen LogP contribution in [-0.4, -0.2) is 31.0 Å². The molecular formula is C22H24N2O4S2. The number of rotatable bonds is 7. The third-order valence-corrected chi connectivity index (χ3v) is 7.74. The molecule has 0 spiro atoms. The van der Waals surface area contributed by atoms with Crippen molar-refractivity contribution in [2.75, 3.05) is 10.8 Å². The Morgan fingerprint density at radius 2 is 1.77 bits per heavy atom. The van der Waals surface area contributed by atoms with E-state index < -0.39 is 16.0 Å². The Kier molecular flexibility index (Phi) is 6.28. The van der Waals surface area contributed by atoms with Gasteiger partial charge in [-0.1, -0.05) is 42.8 Å². The van der Waals surface area contributed by atoms with E-state index in [1.54, 1.807) is 13.0 Å². The Morgan fingerprint density at radius 1 is 1.10 bits per heavy atom. The lowest BCUT2D eigenvalue weighted by atomic mass is 10.1. The zero-order valence-electron chi connectivity index (χ0n) is 17.3. The van der Waals surface area contributed by atoms with E-state index in [0.29, 0.717) is 17.8 Å². The lowest BCUT2D eigenvalue weighted by Crippen LogP contribution is -2.31. The molecule has 0 aliphatic rings. The predicted octanol–water partition coefficient (Wildman–Crippen LogP) is 4.90. The van der Waals surface area contributed by atoms with E-state index in [1.807, 2.05) is 45.0 Å². The van der Waals surface area contributed by atoms with Crippen LogP contribution >= 0.6 is 11.3 Å². The van der Waals surface area contributed by atoms with Crippen molar-refractivity contribution in [3.63, 3.8) is 0 Å². The van der Waals surface area contributed by atoms with Gasteiger partial charge in [0.25, 0.3) is 10.0 Å². The third-order valence-electron chi connectivity index (χ3n) is 4.87. The van der Waals surface area contributed by atoms with Gasteiger partial charge in [-0.2, -0.15) is 0 Å². The highest BCUT2D eigenvalue weighted by Gasteiger charge is 2.29. The van der Waals surface area contributed by atoms with Crippen LogP contribution in [0.5, 0.6) is 0 Å². The standard InChI is InChI=1S/C22H24N2O4S2/c1-5-16-11-12-18(13-19(16)22(25)26)30(27,28)24(6-2)20-15(4)29-21(23-20)17-9-7-14(3)8-10-17/h7-13H,5-6H2,1-4H3,(H,25,26). The number of anilines is 1. The summed E-state index contributed by atoms with van der Waals surface area (Å²) in [5, 5.41) is 10.2. The number of sulfonamides is 1. The minimum absolute atomic E-state index is 0.00460. The minimum atomic E-state index is -3.97. The summed E-state index contributed by atoms with van der Waals surface area (Å²) in [4.78, 5) is 16.9. The fourth-order valence-electron chi connectivity index (χ4n) is 3.22. The topological polar surface area (TPSA) is 87.6 Å². The van der Waals surface area contributed by atoms with E-state index in [-0.39, 0.29) is 17.0 Å². The maximum atomic E-state index is 13.4. The highest BCUT2D eigenvalue weighted by atomic mass is 32.2. The van der Waals surface area contributed by atoms with Crippen molar-refractivity contribution < 1.29 is 18.3 Å². The summed E-state index contributed by atoms with van der Waals surface area (Å²) in [6.45, 7) is 7.59. The highest BCUT2D eigenvalue weighted by Crippen LogP contribution is 2.35. The summed E-state index contributed by atoms with van der Waals surface area (Å²) in [6, 6.07) is 12.2. The summed E-state index contributed by atoms with van der Waals surface area (Å²) in [6.07, 6.45) is 0.505. The Balaban J connectivity index is 2.06. The van der Waals surface area contributed by atoms with Gasteiger partial charge in [0, 0.05) is 17.0 Å². The van der Waals surface area contributed by atoms with Crippen molar-refractivity contribution in [2.45, 2.75) is 39.0 Å². The van der Waals surface area contributed by atoms with E-state index >= 15 is 0 Å². The van der Waals surface area contributed by atoms with E-state index in [1.165, 1.54) is 27.8 Å². The molecule has 0 saturated heterocycles. The summed E-state index contributed by atoms with van der Waals surface area (Å²) in [5.74, 6) is -0.770. The van der Waals surface area contributed by atoms with Crippen LogP contribution in [0.1, 0.15) is 40.2 Å². The lowest BCUT2D eigenvalue weighted by molar-refractivity contribution is 0.0695. The molecule has 1 heterocycles. The average molecular weight is 445 g/mol. The Labute approximate surface area is 180 Å². The van der Waals surface area contributed by atoms with Crippen LogP contribution in [0, 0.1) is 13.8 Å². The molecular weight excluding hydrogens is 420 g/mol. The largest absolute Gasteiger partial charge is 0.478 e. The second-order valence-electron chi connectivity index (χ2n) is 6.91. The molecule has 3 rings (SSSR count). The van der Waals surface area contributed by atoms with Gasteiger partial charge < -0.3 is 5.11 Å². The molecule has 0 aliphatic heterocycles. The van der Waals surface area contributed by atoms with Crippen molar-refractivity contribution >= 4 is 33.1 Å². The number of hydrogen-bond donors (Lipinski definition) is 1. The maximum Gasteiger partial charge on any atom is 0.336 e. The lowest BCUT2D eigenvalue weighted by Gasteiger charge is -2.22. The molecule has 0 saturated carbocycles. The SMILES string of the molecule is CCc1ccc(S(=O)(=O)N(CC)c2nc(-c3ccc(C)cc3)sc2C)cc1C(=O)O. The van der Waals surface area contributed by atoms with Gasteiger partial charge in [-0.3, -0.25) is 0 Å². The second kappa shape index (κ2) is 8.57. The summed E-state index contributed by atoms with van der Waals surface area (Å²) in [5.41, 5.74) is 2.66. The summed E-state index contributed by atoms with van der Waals surface area (Å²) < 4.78 is 28.0. The van der Waals surface area contributed by atoms with E-state index in [0.717, 1.165) is 21.0 Å². The number of benzene rings is 2. The van der Waals surface area contributed by atoms with Crippen LogP contribution in [0.4, 0.5) is 5.82 Å². The van der Waals surface area contributed by atoms with Gasteiger partial charge in [0.1, 0.15) is 5.01 Å². The minimum Gasteiger partial charge on any atom is -0.478 e. The molecule has 0 atom stereocenters.